The van der Waals surface area contributed by atoms with E-state index >= 15 is 0 Å². The third kappa shape index (κ3) is 5.46. The summed E-state index contributed by atoms with van der Waals surface area (Å²) in [5.41, 5.74) is 1.50. The molecule has 0 saturated carbocycles. The minimum Gasteiger partial charge on any atom is -0.387 e. The molecular formula is C16H17FN2O2S. The van der Waals surface area contributed by atoms with Crippen molar-refractivity contribution >= 4 is 17.7 Å². The molecule has 1 unspecified atom stereocenters. The lowest BCUT2D eigenvalue weighted by molar-refractivity contribution is -0.119. The number of aromatic nitrogens is 1. The molecule has 0 bridgehead atoms. The Morgan fingerprint density at radius 3 is 2.95 bits per heavy atom. The largest absolute Gasteiger partial charge is 0.387 e. The maximum absolute atomic E-state index is 13.0. The number of halogens is 1. The SMILES string of the molecule is O=C(CSCc1cccnc1)NCC(O)c1cccc(F)c1. The van der Waals surface area contributed by atoms with Gasteiger partial charge in [-0.25, -0.2) is 4.39 Å². The molecule has 0 aliphatic rings. The van der Waals surface area contributed by atoms with Gasteiger partial charge < -0.3 is 10.4 Å². The van der Waals surface area contributed by atoms with Crippen LogP contribution in [0, 0.1) is 5.82 Å². The van der Waals surface area contributed by atoms with Crippen molar-refractivity contribution in [2.24, 2.45) is 0 Å². The summed E-state index contributed by atoms with van der Waals surface area (Å²) in [5, 5.41) is 12.5. The zero-order valence-electron chi connectivity index (χ0n) is 11.9. The molecule has 6 heteroatoms. The predicted octanol–water partition coefficient (Wildman–Crippen LogP) is 2.30. The number of amides is 1. The van der Waals surface area contributed by atoms with E-state index in [9.17, 15) is 14.3 Å². The van der Waals surface area contributed by atoms with Gasteiger partial charge in [0.2, 0.25) is 5.91 Å². The lowest BCUT2D eigenvalue weighted by Gasteiger charge is -2.12. The van der Waals surface area contributed by atoms with Gasteiger partial charge in [-0.1, -0.05) is 18.2 Å². The normalized spacial score (nSPS) is 11.9. The van der Waals surface area contributed by atoms with Gasteiger partial charge in [0.1, 0.15) is 5.82 Å². The van der Waals surface area contributed by atoms with Crippen molar-refractivity contribution in [1.29, 1.82) is 0 Å². The third-order valence-corrected chi connectivity index (χ3v) is 3.95. The van der Waals surface area contributed by atoms with Crippen LogP contribution in [0.15, 0.2) is 48.8 Å². The average molecular weight is 320 g/mol. The molecule has 1 aromatic carbocycles. The number of pyridine rings is 1. The number of thioether (sulfide) groups is 1. The number of carbonyl (C=O) groups is 1. The van der Waals surface area contributed by atoms with Gasteiger partial charge in [-0.3, -0.25) is 9.78 Å². The first kappa shape index (κ1) is 16.5. The Morgan fingerprint density at radius 1 is 1.36 bits per heavy atom. The van der Waals surface area contributed by atoms with E-state index in [4.69, 9.17) is 0 Å². The van der Waals surface area contributed by atoms with Gasteiger partial charge in [-0.15, -0.1) is 11.8 Å². The molecule has 1 amide bonds. The van der Waals surface area contributed by atoms with E-state index in [0.29, 0.717) is 17.1 Å². The van der Waals surface area contributed by atoms with Crippen molar-refractivity contribution in [2.45, 2.75) is 11.9 Å². The van der Waals surface area contributed by atoms with E-state index in [0.717, 1.165) is 5.56 Å². The summed E-state index contributed by atoms with van der Waals surface area (Å²) >= 11 is 1.47. The summed E-state index contributed by atoms with van der Waals surface area (Å²) in [6.45, 7) is 0.0652. The van der Waals surface area contributed by atoms with Gasteiger partial charge in [-0.2, -0.15) is 0 Å². The van der Waals surface area contributed by atoms with Crippen LogP contribution in [0.3, 0.4) is 0 Å². The van der Waals surface area contributed by atoms with Crippen LogP contribution in [-0.4, -0.2) is 28.3 Å². The van der Waals surface area contributed by atoms with E-state index in [1.54, 1.807) is 18.5 Å². The minimum atomic E-state index is -0.914. The minimum absolute atomic E-state index is 0.0652. The van der Waals surface area contributed by atoms with Crippen LogP contribution in [0.1, 0.15) is 17.2 Å². The predicted molar refractivity (Wildman–Crippen MR) is 84.8 cm³/mol. The third-order valence-electron chi connectivity index (χ3n) is 2.95. The van der Waals surface area contributed by atoms with Gasteiger partial charge >= 0.3 is 0 Å². The Morgan fingerprint density at radius 2 is 2.23 bits per heavy atom. The van der Waals surface area contributed by atoms with E-state index < -0.39 is 11.9 Å². The standard InChI is InChI=1S/C16H17FN2O2S/c17-14-5-1-4-13(7-14)15(20)9-19-16(21)11-22-10-12-3-2-6-18-8-12/h1-8,15,20H,9-11H2,(H,19,21). The molecule has 2 aromatic rings. The quantitative estimate of drug-likeness (QED) is 0.822. The molecule has 1 atom stereocenters. The molecule has 116 valence electrons. The molecule has 0 saturated heterocycles. The number of nitrogens with zero attached hydrogens (tertiary/aromatic N) is 1. The van der Waals surface area contributed by atoms with E-state index in [2.05, 4.69) is 10.3 Å². The molecule has 2 N–H and O–H groups in total. The first-order valence-electron chi connectivity index (χ1n) is 6.82. The van der Waals surface area contributed by atoms with Crippen LogP contribution in [0.4, 0.5) is 4.39 Å². The summed E-state index contributed by atoms with van der Waals surface area (Å²) in [7, 11) is 0. The first-order valence-corrected chi connectivity index (χ1v) is 7.97. The summed E-state index contributed by atoms with van der Waals surface area (Å²) in [6, 6.07) is 9.52. The van der Waals surface area contributed by atoms with Crippen LogP contribution in [0.5, 0.6) is 0 Å². The molecule has 0 radical (unpaired) electrons. The zero-order chi connectivity index (χ0) is 15.8. The second-order valence-electron chi connectivity index (χ2n) is 4.73. The molecule has 0 aliphatic heterocycles. The molecular weight excluding hydrogens is 303 g/mol. The van der Waals surface area contributed by atoms with Crippen molar-refractivity contribution < 1.29 is 14.3 Å². The van der Waals surface area contributed by atoms with Gasteiger partial charge in [-0.05, 0) is 29.3 Å². The van der Waals surface area contributed by atoms with Crippen LogP contribution >= 0.6 is 11.8 Å². The maximum Gasteiger partial charge on any atom is 0.230 e. The number of nitrogens with one attached hydrogen (secondary N) is 1. The Bertz CT molecular complexity index is 610. The highest BCUT2D eigenvalue weighted by molar-refractivity contribution is 7.99. The number of aliphatic hydroxyl groups excluding tert-OH is 1. The summed E-state index contributed by atoms with van der Waals surface area (Å²) in [5.74, 6) is 0.428. The smallest absolute Gasteiger partial charge is 0.230 e. The number of hydrogen-bond acceptors (Lipinski definition) is 4. The number of carbonyl (C=O) groups excluding carboxylic acids is 1. The van der Waals surface area contributed by atoms with Crippen LogP contribution < -0.4 is 5.32 Å². The van der Waals surface area contributed by atoms with Crippen molar-refractivity contribution in [1.82, 2.24) is 10.3 Å². The Labute approximate surface area is 132 Å². The topological polar surface area (TPSA) is 62.2 Å². The van der Waals surface area contributed by atoms with Crippen molar-refractivity contribution in [3.63, 3.8) is 0 Å². The lowest BCUT2D eigenvalue weighted by Crippen LogP contribution is -2.29. The van der Waals surface area contributed by atoms with Crippen molar-refractivity contribution in [3.05, 3.63) is 65.7 Å². The summed E-state index contributed by atoms with van der Waals surface area (Å²) in [6.07, 6.45) is 2.55. The van der Waals surface area contributed by atoms with E-state index in [1.165, 1.54) is 30.0 Å². The number of aliphatic hydroxyl groups is 1. The number of benzene rings is 1. The highest BCUT2D eigenvalue weighted by Gasteiger charge is 2.10. The molecule has 1 aromatic heterocycles. The monoisotopic (exact) mass is 320 g/mol. The number of hydrogen-bond donors (Lipinski definition) is 2. The second kappa shape index (κ2) is 8.51. The fraction of sp³-hybridized carbons (Fsp3) is 0.250. The van der Waals surface area contributed by atoms with E-state index in [1.807, 2.05) is 12.1 Å². The molecule has 1 heterocycles. The zero-order valence-corrected chi connectivity index (χ0v) is 12.7. The van der Waals surface area contributed by atoms with Crippen LogP contribution in [0.2, 0.25) is 0 Å². The molecule has 0 spiro atoms. The summed E-state index contributed by atoms with van der Waals surface area (Å²) in [4.78, 5) is 15.7. The summed E-state index contributed by atoms with van der Waals surface area (Å²) < 4.78 is 13.0. The first-order chi connectivity index (χ1) is 10.6. The maximum atomic E-state index is 13.0. The molecule has 0 aliphatic carbocycles. The molecule has 0 fully saturated rings. The fourth-order valence-corrected chi connectivity index (χ4v) is 2.63. The number of rotatable bonds is 7. The Hall–Kier alpha value is -1.92. The van der Waals surface area contributed by atoms with Crippen LogP contribution in [0.25, 0.3) is 0 Å². The van der Waals surface area contributed by atoms with Crippen molar-refractivity contribution in [2.75, 3.05) is 12.3 Å². The second-order valence-corrected chi connectivity index (χ2v) is 5.71. The van der Waals surface area contributed by atoms with Crippen molar-refractivity contribution in [3.8, 4) is 0 Å². The lowest BCUT2D eigenvalue weighted by atomic mass is 10.1. The Balaban J connectivity index is 1.69. The highest BCUT2D eigenvalue weighted by atomic mass is 32.2. The molecule has 4 nitrogen and oxygen atoms in total. The highest BCUT2D eigenvalue weighted by Crippen LogP contribution is 2.13. The average Bonchev–Trinajstić information content (AvgIpc) is 2.53. The van der Waals surface area contributed by atoms with Crippen LogP contribution in [-0.2, 0) is 10.5 Å². The molecule has 22 heavy (non-hydrogen) atoms. The van der Waals surface area contributed by atoms with E-state index in [-0.39, 0.29) is 12.5 Å². The van der Waals surface area contributed by atoms with Gasteiger partial charge in [0.05, 0.1) is 11.9 Å². The van der Waals surface area contributed by atoms with Gasteiger partial charge in [0.25, 0.3) is 0 Å². The fourth-order valence-electron chi connectivity index (χ4n) is 1.84. The van der Waals surface area contributed by atoms with Gasteiger partial charge in [0, 0.05) is 24.7 Å². The molecule has 2 rings (SSSR count). The Kier molecular flexibility index (Phi) is 6.36. The van der Waals surface area contributed by atoms with Gasteiger partial charge in [0.15, 0.2) is 0 Å².